The van der Waals surface area contributed by atoms with Gasteiger partial charge in [-0.15, -0.1) is 0 Å². The molecule has 0 radical (unpaired) electrons. The van der Waals surface area contributed by atoms with Crippen LogP contribution in [-0.2, 0) is 10.8 Å². The molecule has 1 heterocycles. The lowest BCUT2D eigenvalue weighted by Crippen LogP contribution is -2.28. The molecular weight excluding hydrogens is 775 g/mol. The first-order chi connectivity index (χ1) is 31.5. The van der Waals surface area contributed by atoms with Crippen molar-refractivity contribution in [1.82, 2.24) is 0 Å². The van der Waals surface area contributed by atoms with Crippen LogP contribution in [-0.4, -0.2) is 0 Å². The largest absolute Gasteiger partial charge is 0.456 e. The van der Waals surface area contributed by atoms with Gasteiger partial charge in [0.2, 0.25) is 0 Å². The molecule has 13 rings (SSSR count). The number of rotatable bonds is 6. The van der Waals surface area contributed by atoms with E-state index in [1.54, 1.807) is 0 Å². The summed E-state index contributed by atoms with van der Waals surface area (Å²) in [7, 11) is 0. The van der Waals surface area contributed by atoms with E-state index in [2.05, 4.69) is 243 Å². The Morgan fingerprint density at radius 2 is 0.938 bits per heavy atom. The molecule has 0 spiro atoms. The molecule has 2 aliphatic carbocycles. The summed E-state index contributed by atoms with van der Waals surface area (Å²) in [6.45, 7) is 4.74. The lowest BCUT2D eigenvalue weighted by Gasteiger charge is -2.35. The Kier molecular flexibility index (Phi) is 7.90. The minimum absolute atomic E-state index is 0.187. The fraction of sp³-hybridized carbons (Fsp3) is 0.0645. The van der Waals surface area contributed by atoms with Crippen LogP contribution in [0.4, 0.5) is 17.1 Å². The van der Waals surface area contributed by atoms with Crippen molar-refractivity contribution < 1.29 is 4.42 Å². The van der Waals surface area contributed by atoms with Crippen LogP contribution in [0.1, 0.15) is 47.2 Å². The van der Waals surface area contributed by atoms with Crippen LogP contribution in [0.15, 0.2) is 229 Å². The van der Waals surface area contributed by atoms with Crippen LogP contribution in [0.25, 0.3) is 66.1 Å². The summed E-state index contributed by atoms with van der Waals surface area (Å²) in [5.74, 6) is 0. The molecule has 0 saturated heterocycles. The van der Waals surface area contributed by atoms with Crippen molar-refractivity contribution in [2.75, 3.05) is 4.90 Å². The molecule has 2 heteroatoms. The van der Waals surface area contributed by atoms with Crippen molar-refractivity contribution in [2.24, 2.45) is 0 Å². The molecular formula is C62H43NO. The standard InChI is InChI=1S/C62H43NO/c1-61(2)52-30-12-8-25-46(52)49-35-34-44(39-55(49)61)63(56-36-37-58-60(51-28-11-15-33-57(51)64-58)59(56)50-29-16-19-40-18-6-7-24-45(40)50)43-23-17-22-42(38-43)62(41-20-4-3-5-21-41)53-31-13-9-26-47(53)48-27-10-14-32-54(48)62/h3-39H,1-2H3. The predicted molar refractivity (Wildman–Crippen MR) is 266 cm³/mol. The molecule has 0 unspecified atom stereocenters. The van der Waals surface area contributed by atoms with Gasteiger partial charge >= 0.3 is 0 Å². The maximum absolute atomic E-state index is 6.69. The van der Waals surface area contributed by atoms with Crippen molar-refractivity contribution >= 4 is 49.8 Å². The summed E-state index contributed by atoms with van der Waals surface area (Å²) < 4.78 is 6.69. The monoisotopic (exact) mass is 817 g/mol. The van der Waals surface area contributed by atoms with Gasteiger partial charge in [0.25, 0.3) is 0 Å². The van der Waals surface area contributed by atoms with Gasteiger partial charge in [-0.1, -0.05) is 196 Å². The quantitative estimate of drug-likeness (QED) is 0.166. The summed E-state index contributed by atoms with van der Waals surface area (Å²) in [5.41, 5.74) is 19.5. The van der Waals surface area contributed by atoms with Gasteiger partial charge in [-0.25, -0.2) is 0 Å². The fourth-order valence-corrected chi connectivity index (χ4v) is 11.6. The SMILES string of the molecule is CC1(C)c2ccccc2-c2ccc(N(c3cccc(C4(c5ccccc5)c5ccccc5-c5ccccc54)c3)c3ccc4oc5ccccc5c4c3-c3cccc4ccccc34)cc21. The molecule has 0 atom stereocenters. The van der Waals surface area contributed by atoms with Crippen LogP contribution in [0, 0.1) is 0 Å². The summed E-state index contributed by atoms with van der Waals surface area (Å²) in [5, 5.41) is 4.61. The van der Waals surface area contributed by atoms with Crippen molar-refractivity contribution in [3.63, 3.8) is 0 Å². The fourth-order valence-electron chi connectivity index (χ4n) is 11.6. The molecule has 11 aromatic rings. The van der Waals surface area contributed by atoms with Gasteiger partial charge in [-0.3, -0.25) is 0 Å². The van der Waals surface area contributed by atoms with E-state index in [9.17, 15) is 0 Å². The van der Waals surface area contributed by atoms with Crippen molar-refractivity contribution in [3.8, 4) is 33.4 Å². The van der Waals surface area contributed by atoms with Crippen molar-refractivity contribution in [2.45, 2.75) is 24.7 Å². The Balaban J connectivity index is 1.14. The zero-order chi connectivity index (χ0) is 42.6. The average Bonchev–Trinajstić information content (AvgIpc) is 3.96. The predicted octanol–water partition coefficient (Wildman–Crippen LogP) is 16.5. The smallest absolute Gasteiger partial charge is 0.136 e. The van der Waals surface area contributed by atoms with E-state index in [0.717, 1.165) is 44.6 Å². The van der Waals surface area contributed by atoms with Crippen LogP contribution >= 0.6 is 0 Å². The Morgan fingerprint density at radius 3 is 1.72 bits per heavy atom. The van der Waals surface area contributed by atoms with Crippen molar-refractivity contribution in [3.05, 3.63) is 258 Å². The zero-order valence-electron chi connectivity index (χ0n) is 35.7. The first kappa shape index (κ1) is 36.7. The number of hydrogen-bond donors (Lipinski definition) is 0. The maximum Gasteiger partial charge on any atom is 0.136 e. The third-order valence-electron chi connectivity index (χ3n) is 14.3. The first-order valence-electron chi connectivity index (χ1n) is 22.3. The van der Waals surface area contributed by atoms with Gasteiger partial charge in [0.15, 0.2) is 0 Å². The van der Waals surface area contributed by atoms with Gasteiger partial charge in [0.1, 0.15) is 11.2 Å². The summed E-state index contributed by atoms with van der Waals surface area (Å²) in [6.07, 6.45) is 0. The van der Waals surface area contributed by atoms with E-state index in [-0.39, 0.29) is 5.41 Å². The molecule has 2 nitrogen and oxygen atoms in total. The third kappa shape index (κ3) is 5.08. The number of anilines is 3. The normalized spacial score (nSPS) is 14.0. The maximum atomic E-state index is 6.69. The highest BCUT2D eigenvalue weighted by molar-refractivity contribution is 6.19. The number of hydrogen-bond acceptors (Lipinski definition) is 2. The van der Waals surface area contributed by atoms with E-state index in [1.807, 2.05) is 0 Å². The Labute approximate surface area is 373 Å². The minimum Gasteiger partial charge on any atom is -0.456 e. The molecule has 0 saturated carbocycles. The van der Waals surface area contributed by atoms with Crippen molar-refractivity contribution in [1.29, 1.82) is 0 Å². The third-order valence-corrected chi connectivity index (χ3v) is 14.3. The molecule has 0 aliphatic heterocycles. The highest BCUT2D eigenvalue weighted by Gasteiger charge is 2.46. The Bertz CT molecular complexity index is 3610. The van der Waals surface area contributed by atoms with Gasteiger partial charge in [-0.05, 0) is 114 Å². The molecule has 0 amide bonds. The van der Waals surface area contributed by atoms with Gasteiger partial charge in [0, 0.05) is 33.1 Å². The number of para-hydroxylation sites is 1. The second-order valence-corrected chi connectivity index (χ2v) is 18.0. The average molecular weight is 818 g/mol. The van der Waals surface area contributed by atoms with Crippen LogP contribution in [0.2, 0.25) is 0 Å². The molecule has 2 aliphatic rings. The molecule has 0 N–H and O–H groups in total. The second-order valence-electron chi connectivity index (χ2n) is 18.0. The van der Waals surface area contributed by atoms with Crippen LogP contribution in [0.5, 0.6) is 0 Å². The summed E-state index contributed by atoms with van der Waals surface area (Å²) in [4.78, 5) is 2.52. The highest BCUT2D eigenvalue weighted by Crippen LogP contribution is 2.58. The van der Waals surface area contributed by atoms with Gasteiger partial charge in [-0.2, -0.15) is 0 Å². The molecule has 64 heavy (non-hydrogen) atoms. The van der Waals surface area contributed by atoms with E-state index in [4.69, 9.17) is 4.42 Å². The first-order valence-corrected chi connectivity index (χ1v) is 22.3. The minimum atomic E-state index is -0.555. The van der Waals surface area contributed by atoms with E-state index in [0.29, 0.717) is 0 Å². The molecule has 1 aromatic heterocycles. The molecule has 302 valence electrons. The summed E-state index contributed by atoms with van der Waals surface area (Å²) >= 11 is 0. The Hall–Kier alpha value is -7.94. The molecule has 0 fully saturated rings. The van der Waals surface area contributed by atoms with E-state index < -0.39 is 5.41 Å². The molecule has 0 bridgehead atoms. The molecule has 10 aromatic carbocycles. The number of benzene rings is 10. The lowest BCUT2D eigenvalue weighted by molar-refractivity contribution is 0.660. The van der Waals surface area contributed by atoms with E-state index >= 15 is 0 Å². The highest BCUT2D eigenvalue weighted by atomic mass is 16.3. The summed E-state index contributed by atoms with van der Waals surface area (Å²) in [6, 6.07) is 82.9. The van der Waals surface area contributed by atoms with Crippen LogP contribution < -0.4 is 4.90 Å². The Morgan fingerprint density at radius 1 is 0.375 bits per heavy atom. The van der Waals surface area contributed by atoms with Crippen LogP contribution in [0.3, 0.4) is 0 Å². The van der Waals surface area contributed by atoms with Gasteiger partial charge < -0.3 is 9.32 Å². The second kappa shape index (κ2) is 13.8. The number of furan rings is 1. The number of nitrogens with zero attached hydrogens (tertiary/aromatic N) is 1. The number of fused-ring (bicyclic) bond motifs is 10. The zero-order valence-corrected chi connectivity index (χ0v) is 35.7. The lowest BCUT2D eigenvalue weighted by atomic mass is 9.67. The van der Waals surface area contributed by atoms with Gasteiger partial charge in [0.05, 0.1) is 11.1 Å². The topological polar surface area (TPSA) is 16.4 Å². The van der Waals surface area contributed by atoms with E-state index in [1.165, 1.54) is 72.0 Å².